The van der Waals surface area contributed by atoms with Crippen LogP contribution >= 0.6 is 0 Å². The topological polar surface area (TPSA) is 29.5 Å². The van der Waals surface area contributed by atoms with Gasteiger partial charge in [-0.2, -0.15) is 0 Å². The van der Waals surface area contributed by atoms with Crippen molar-refractivity contribution in [2.24, 2.45) is 0 Å². The maximum atomic E-state index is 12.3. The number of benzene rings is 1. The number of aryl methyl sites for hydroxylation is 1. The molecule has 3 nitrogen and oxygen atoms in total. The molecule has 0 spiro atoms. The highest BCUT2D eigenvalue weighted by atomic mass is 16.6. The van der Waals surface area contributed by atoms with E-state index in [-0.39, 0.29) is 12.1 Å². The first-order chi connectivity index (χ1) is 9.31. The highest BCUT2D eigenvalue weighted by Gasteiger charge is 2.30. The number of hydrogen-bond acceptors (Lipinski definition) is 2. The van der Waals surface area contributed by atoms with E-state index in [0.29, 0.717) is 0 Å². The quantitative estimate of drug-likeness (QED) is 0.772. The van der Waals surface area contributed by atoms with E-state index in [1.54, 1.807) is 0 Å². The Bertz CT molecular complexity index is 502. The molecular formula is C17H25NO2. The summed E-state index contributed by atoms with van der Waals surface area (Å²) in [4.78, 5) is 14.1. The minimum Gasteiger partial charge on any atom is -0.444 e. The fourth-order valence-corrected chi connectivity index (χ4v) is 2.65. The molecular weight excluding hydrogens is 250 g/mol. The van der Waals surface area contributed by atoms with E-state index >= 15 is 0 Å². The molecule has 1 aliphatic heterocycles. The minimum atomic E-state index is -0.442. The van der Waals surface area contributed by atoms with Crippen molar-refractivity contribution < 1.29 is 9.53 Å². The molecule has 0 N–H and O–H groups in total. The Morgan fingerprint density at radius 3 is 2.70 bits per heavy atom. The van der Waals surface area contributed by atoms with Crippen LogP contribution in [-0.4, -0.2) is 23.1 Å². The molecule has 0 aromatic heterocycles. The average molecular weight is 275 g/mol. The van der Waals surface area contributed by atoms with Gasteiger partial charge < -0.3 is 9.64 Å². The van der Waals surface area contributed by atoms with Crippen molar-refractivity contribution in [1.29, 1.82) is 0 Å². The Balaban J connectivity index is 2.22. The van der Waals surface area contributed by atoms with Gasteiger partial charge in [-0.3, -0.25) is 0 Å². The lowest BCUT2D eigenvalue weighted by Gasteiger charge is -2.36. The van der Waals surface area contributed by atoms with Crippen molar-refractivity contribution in [3.8, 4) is 0 Å². The second kappa shape index (κ2) is 5.47. The lowest BCUT2D eigenvalue weighted by Crippen LogP contribution is -2.42. The molecule has 110 valence electrons. The number of carbonyl (C=O) groups is 1. The van der Waals surface area contributed by atoms with Crippen LogP contribution in [0, 0.1) is 0 Å². The number of ether oxygens (including phenoxy) is 1. The summed E-state index contributed by atoms with van der Waals surface area (Å²) in [6.45, 7) is 10.7. The van der Waals surface area contributed by atoms with Gasteiger partial charge in [0.2, 0.25) is 0 Å². The SMILES string of the molecule is CCc1ccc2c(c1)[C@@H](C)N(C(=O)OC(C)(C)C)CC2. The van der Waals surface area contributed by atoms with Gasteiger partial charge in [0.1, 0.15) is 5.60 Å². The Hall–Kier alpha value is -1.51. The van der Waals surface area contributed by atoms with E-state index in [9.17, 15) is 4.79 Å². The number of nitrogens with zero attached hydrogens (tertiary/aromatic N) is 1. The molecule has 1 atom stereocenters. The number of fused-ring (bicyclic) bond motifs is 1. The lowest BCUT2D eigenvalue weighted by molar-refractivity contribution is 0.0159. The molecule has 1 aromatic carbocycles. The predicted octanol–water partition coefficient (Wildman–Crippen LogP) is 4.10. The van der Waals surface area contributed by atoms with Gasteiger partial charge in [0.25, 0.3) is 0 Å². The zero-order chi connectivity index (χ0) is 14.9. The predicted molar refractivity (Wildman–Crippen MR) is 80.9 cm³/mol. The fraction of sp³-hybridized carbons (Fsp3) is 0.588. The molecule has 20 heavy (non-hydrogen) atoms. The van der Waals surface area contributed by atoms with Gasteiger partial charge in [-0.15, -0.1) is 0 Å². The van der Waals surface area contributed by atoms with Crippen molar-refractivity contribution in [3.63, 3.8) is 0 Å². The molecule has 0 fully saturated rings. The van der Waals surface area contributed by atoms with Gasteiger partial charge >= 0.3 is 6.09 Å². The van der Waals surface area contributed by atoms with Crippen LogP contribution in [0.25, 0.3) is 0 Å². The monoisotopic (exact) mass is 275 g/mol. The van der Waals surface area contributed by atoms with Crippen molar-refractivity contribution >= 4 is 6.09 Å². The van der Waals surface area contributed by atoms with Gasteiger partial charge in [0.15, 0.2) is 0 Å². The highest BCUT2D eigenvalue weighted by molar-refractivity contribution is 5.69. The third-order valence-corrected chi connectivity index (χ3v) is 3.79. The molecule has 0 aliphatic carbocycles. The smallest absolute Gasteiger partial charge is 0.410 e. The van der Waals surface area contributed by atoms with Crippen molar-refractivity contribution in [1.82, 2.24) is 4.90 Å². The van der Waals surface area contributed by atoms with Crippen LogP contribution in [0.2, 0.25) is 0 Å². The van der Waals surface area contributed by atoms with Crippen LogP contribution in [0.1, 0.15) is 57.4 Å². The Kier molecular flexibility index (Phi) is 4.07. The first kappa shape index (κ1) is 14.9. The summed E-state index contributed by atoms with van der Waals surface area (Å²) in [5.41, 5.74) is 3.50. The van der Waals surface area contributed by atoms with E-state index in [0.717, 1.165) is 19.4 Å². The number of hydrogen-bond donors (Lipinski definition) is 0. The molecule has 0 saturated carbocycles. The third-order valence-electron chi connectivity index (χ3n) is 3.79. The second-order valence-electron chi connectivity index (χ2n) is 6.49. The first-order valence-corrected chi connectivity index (χ1v) is 7.43. The van der Waals surface area contributed by atoms with Gasteiger partial charge in [0, 0.05) is 6.54 Å². The fourth-order valence-electron chi connectivity index (χ4n) is 2.65. The molecule has 1 aliphatic rings. The molecule has 0 bridgehead atoms. The summed E-state index contributed by atoms with van der Waals surface area (Å²) in [6.07, 6.45) is 1.72. The van der Waals surface area contributed by atoms with Crippen LogP contribution in [0.5, 0.6) is 0 Å². The van der Waals surface area contributed by atoms with Gasteiger partial charge in [0.05, 0.1) is 6.04 Å². The zero-order valence-electron chi connectivity index (χ0n) is 13.2. The van der Waals surface area contributed by atoms with Crippen LogP contribution in [0.4, 0.5) is 4.79 Å². The molecule has 1 aromatic rings. The molecule has 0 unspecified atom stereocenters. The van der Waals surface area contributed by atoms with E-state index in [1.807, 2.05) is 25.7 Å². The summed E-state index contributed by atoms with van der Waals surface area (Å²) >= 11 is 0. The third kappa shape index (κ3) is 3.14. The Morgan fingerprint density at radius 2 is 2.10 bits per heavy atom. The summed E-state index contributed by atoms with van der Waals surface area (Å²) in [5, 5.41) is 0. The number of carbonyl (C=O) groups excluding carboxylic acids is 1. The van der Waals surface area contributed by atoms with E-state index < -0.39 is 5.60 Å². The standard InChI is InChI=1S/C17H25NO2/c1-6-13-7-8-14-9-10-18(12(2)15(14)11-13)16(19)20-17(3,4)5/h7-8,11-12H,6,9-10H2,1-5H3/t12-/m1/s1. The molecule has 1 heterocycles. The van der Waals surface area contributed by atoms with Crippen LogP contribution in [0.15, 0.2) is 18.2 Å². The van der Waals surface area contributed by atoms with Crippen molar-refractivity contribution in [3.05, 3.63) is 34.9 Å². The molecule has 3 heteroatoms. The Labute approximate surface area is 121 Å². The van der Waals surface area contributed by atoms with Crippen LogP contribution < -0.4 is 0 Å². The van der Waals surface area contributed by atoms with E-state index in [4.69, 9.17) is 4.74 Å². The molecule has 0 saturated heterocycles. The molecule has 2 rings (SSSR count). The average Bonchev–Trinajstić information content (AvgIpc) is 2.36. The van der Waals surface area contributed by atoms with E-state index in [1.165, 1.54) is 16.7 Å². The van der Waals surface area contributed by atoms with Crippen molar-refractivity contribution in [2.45, 2.75) is 59.1 Å². The normalized spacial score (nSPS) is 18.6. The lowest BCUT2D eigenvalue weighted by atomic mass is 9.91. The highest BCUT2D eigenvalue weighted by Crippen LogP contribution is 2.31. The van der Waals surface area contributed by atoms with E-state index in [2.05, 4.69) is 32.0 Å². The minimum absolute atomic E-state index is 0.0834. The first-order valence-electron chi connectivity index (χ1n) is 7.43. The second-order valence-corrected chi connectivity index (χ2v) is 6.49. The molecule has 1 amide bonds. The number of amides is 1. The van der Waals surface area contributed by atoms with Crippen molar-refractivity contribution in [2.75, 3.05) is 6.54 Å². The largest absolute Gasteiger partial charge is 0.444 e. The van der Waals surface area contributed by atoms with Gasteiger partial charge in [-0.25, -0.2) is 4.79 Å². The zero-order valence-corrected chi connectivity index (χ0v) is 13.2. The van der Waals surface area contributed by atoms with Gasteiger partial charge in [-0.1, -0.05) is 25.1 Å². The summed E-state index contributed by atoms with van der Waals surface area (Å²) in [5.74, 6) is 0. The summed E-state index contributed by atoms with van der Waals surface area (Å²) < 4.78 is 5.51. The summed E-state index contributed by atoms with van der Waals surface area (Å²) in [7, 11) is 0. The van der Waals surface area contributed by atoms with Crippen LogP contribution in [-0.2, 0) is 17.6 Å². The van der Waals surface area contributed by atoms with Crippen LogP contribution in [0.3, 0.4) is 0 Å². The molecule has 0 radical (unpaired) electrons. The summed E-state index contributed by atoms with van der Waals surface area (Å²) in [6, 6.07) is 6.71. The maximum Gasteiger partial charge on any atom is 0.410 e. The maximum absolute atomic E-state index is 12.3. The number of rotatable bonds is 1. The Morgan fingerprint density at radius 1 is 1.40 bits per heavy atom. The van der Waals surface area contributed by atoms with Gasteiger partial charge in [-0.05, 0) is 57.2 Å².